The van der Waals surface area contributed by atoms with E-state index in [2.05, 4.69) is 0 Å². The van der Waals surface area contributed by atoms with Gasteiger partial charge in [0.2, 0.25) is 0 Å². The quantitative estimate of drug-likeness (QED) is 0.652. The Morgan fingerprint density at radius 3 is 1.76 bits per heavy atom. The van der Waals surface area contributed by atoms with Gasteiger partial charge in [-0.25, -0.2) is 0 Å². The van der Waals surface area contributed by atoms with Crippen LogP contribution in [0, 0.1) is 0 Å². The first kappa shape index (κ1) is 13.3. The Balaban J connectivity index is 2.56. The number of ether oxygens (including phenoxy) is 4. The standard InChI is InChI=1S/C11H16O6/c1-3-14-9(12)7-11(16-5-6-17-11)8-10(13)15-4-2/h5-6H,3-4,7-8H2,1-2H3. The molecule has 0 fully saturated rings. The number of carbonyl (C=O) groups excluding carboxylic acids is 2. The fourth-order valence-corrected chi connectivity index (χ4v) is 1.42. The molecule has 1 aliphatic heterocycles. The van der Waals surface area contributed by atoms with E-state index in [1.54, 1.807) is 13.8 Å². The summed E-state index contributed by atoms with van der Waals surface area (Å²) >= 11 is 0. The lowest BCUT2D eigenvalue weighted by Crippen LogP contribution is -2.36. The van der Waals surface area contributed by atoms with E-state index in [-0.39, 0.29) is 26.1 Å². The third-order valence-electron chi connectivity index (χ3n) is 2.06. The summed E-state index contributed by atoms with van der Waals surface area (Å²) < 4.78 is 19.9. The van der Waals surface area contributed by atoms with Gasteiger partial charge in [0.1, 0.15) is 25.4 Å². The van der Waals surface area contributed by atoms with Crippen LogP contribution in [0.15, 0.2) is 12.5 Å². The molecule has 0 aromatic rings. The van der Waals surface area contributed by atoms with E-state index < -0.39 is 17.7 Å². The van der Waals surface area contributed by atoms with E-state index in [0.29, 0.717) is 0 Å². The summed E-state index contributed by atoms with van der Waals surface area (Å²) in [5, 5.41) is 0. The molecule has 1 heterocycles. The Labute approximate surface area is 99.5 Å². The first-order valence-electron chi connectivity index (χ1n) is 5.44. The highest BCUT2D eigenvalue weighted by Crippen LogP contribution is 2.29. The van der Waals surface area contributed by atoms with Gasteiger partial charge in [-0.3, -0.25) is 9.59 Å². The molecule has 0 saturated carbocycles. The predicted octanol–water partition coefficient (Wildman–Crippen LogP) is 1.11. The molecule has 6 nitrogen and oxygen atoms in total. The van der Waals surface area contributed by atoms with Crippen molar-refractivity contribution < 1.29 is 28.5 Å². The lowest BCUT2D eigenvalue weighted by atomic mass is 10.1. The minimum absolute atomic E-state index is 0.160. The van der Waals surface area contributed by atoms with Crippen molar-refractivity contribution in [3.8, 4) is 0 Å². The van der Waals surface area contributed by atoms with Crippen LogP contribution in [-0.2, 0) is 28.5 Å². The van der Waals surface area contributed by atoms with Crippen LogP contribution < -0.4 is 0 Å². The maximum atomic E-state index is 11.4. The van der Waals surface area contributed by atoms with Crippen molar-refractivity contribution in [2.75, 3.05) is 13.2 Å². The number of hydrogen-bond donors (Lipinski definition) is 0. The van der Waals surface area contributed by atoms with Crippen LogP contribution in [0.2, 0.25) is 0 Å². The van der Waals surface area contributed by atoms with Crippen LogP contribution in [0.5, 0.6) is 0 Å². The third-order valence-corrected chi connectivity index (χ3v) is 2.06. The van der Waals surface area contributed by atoms with E-state index in [1.807, 2.05) is 0 Å². The Kier molecular flexibility index (Phi) is 4.81. The smallest absolute Gasteiger partial charge is 0.313 e. The molecule has 0 unspecified atom stereocenters. The molecular formula is C11H16O6. The predicted molar refractivity (Wildman–Crippen MR) is 56.5 cm³/mol. The summed E-state index contributed by atoms with van der Waals surface area (Å²) in [4.78, 5) is 22.8. The Morgan fingerprint density at radius 1 is 1.00 bits per heavy atom. The van der Waals surface area contributed by atoms with E-state index in [0.717, 1.165) is 0 Å². The number of hydrogen-bond acceptors (Lipinski definition) is 6. The molecule has 0 amide bonds. The molecule has 0 aromatic carbocycles. The van der Waals surface area contributed by atoms with Crippen molar-refractivity contribution in [3.05, 3.63) is 12.5 Å². The lowest BCUT2D eigenvalue weighted by molar-refractivity contribution is -0.186. The van der Waals surface area contributed by atoms with Gasteiger partial charge < -0.3 is 18.9 Å². The minimum atomic E-state index is -1.32. The summed E-state index contributed by atoms with van der Waals surface area (Å²) in [5.74, 6) is -2.29. The average molecular weight is 244 g/mol. The first-order chi connectivity index (χ1) is 8.12. The van der Waals surface area contributed by atoms with Crippen LogP contribution in [-0.4, -0.2) is 30.9 Å². The van der Waals surface area contributed by atoms with Gasteiger partial charge in [-0.15, -0.1) is 0 Å². The summed E-state index contributed by atoms with van der Waals surface area (Å²) in [6, 6.07) is 0. The number of rotatable bonds is 6. The van der Waals surface area contributed by atoms with Crippen LogP contribution in [0.25, 0.3) is 0 Å². The van der Waals surface area contributed by atoms with Crippen LogP contribution in [0.1, 0.15) is 26.7 Å². The van der Waals surface area contributed by atoms with Gasteiger partial charge in [0, 0.05) is 0 Å². The SMILES string of the molecule is CCOC(=O)CC1(CC(=O)OCC)OC=CO1. The molecule has 0 spiro atoms. The number of esters is 2. The molecule has 6 heteroatoms. The van der Waals surface area contributed by atoms with Crippen molar-refractivity contribution in [1.29, 1.82) is 0 Å². The fraction of sp³-hybridized carbons (Fsp3) is 0.636. The lowest BCUT2D eigenvalue weighted by Gasteiger charge is -2.25. The summed E-state index contributed by atoms with van der Waals surface area (Å²) in [7, 11) is 0. The van der Waals surface area contributed by atoms with Gasteiger partial charge in [0.25, 0.3) is 5.79 Å². The average Bonchev–Trinajstić information content (AvgIpc) is 2.66. The van der Waals surface area contributed by atoms with Gasteiger partial charge in [0.15, 0.2) is 0 Å². The maximum Gasteiger partial charge on any atom is 0.313 e. The van der Waals surface area contributed by atoms with Crippen molar-refractivity contribution in [1.82, 2.24) is 0 Å². The molecule has 0 radical (unpaired) electrons. The largest absolute Gasteiger partial charge is 0.466 e. The van der Waals surface area contributed by atoms with E-state index >= 15 is 0 Å². The van der Waals surface area contributed by atoms with E-state index in [4.69, 9.17) is 18.9 Å². The molecule has 96 valence electrons. The van der Waals surface area contributed by atoms with Crippen molar-refractivity contribution >= 4 is 11.9 Å². The Bertz CT molecular complexity index is 279. The topological polar surface area (TPSA) is 71.1 Å². The molecular weight excluding hydrogens is 228 g/mol. The number of carbonyl (C=O) groups is 2. The monoisotopic (exact) mass is 244 g/mol. The van der Waals surface area contributed by atoms with Gasteiger partial charge in [-0.2, -0.15) is 0 Å². The highest BCUT2D eigenvalue weighted by Gasteiger charge is 2.42. The third kappa shape index (κ3) is 3.97. The normalized spacial score (nSPS) is 15.9. The minimum Gasteiger partial charge on any atom is -0.466 e. The highest BCUT2D eigenvalue weighted by molar-refractivity contribution is 5.74. The summed E-state index contributed by atoms with van der Waals surface area (Å²) in [5.41, 5.74) is 0. The summed E-state index contributed by atoms with van der Waals surface area (Å²) in [6.45, 7) is 3.93. The highest BCUT2D eigenvalue weighted by atomic mass is 16.7. The molecule has 0 saturated heterocycles. The van der Waals surface area contributed by atoms with E-state index in [9.17, 15) is 9.59 Å². The van der Waals surface area contributed by atoms with Gasteiger partial charge in [0.05, 0.1) is 13.2 Å². The van der Waals surface area contributed by atoms with Crippen LogP contribution in [0.3, 0.4) is 0 Å². The Morgan fingerprint density at radius 2 is 1.41 bits per heavy atom. The summed E-state index contributed by atoms with van der Waals surface area (Å²) in [6.07, 6.45) is 2.26. The van der Waals surface area contributed by atoms with Gasteiger partial charge >= 0.3 is 11.9 Å². The molecule has 0 N–H and O–H groups in total. The van der Waals surface area contributed by atoms with Crippen LogP contribution in [0.4, 0.5) is 0 Å². The van der Waals surface area contributed by atoms with Crippen molar-refractivity contribution in [2.24, 2.45) is 0 Å². The second-order valence-corrected chi connectivity index (χ2v) is 3.38. The fourth-order valence-electron chi connectivity index (χ4n) is 1.42. The molecule has 1 rings (SSSR count). The molecule has 0 atom stereocenters. The van der Waals surface area contributed by atoms with Crippen molar-refractivity contribution in [3.63, 3.8) is 0 Å². The molecule has 0 aromatic heterocycles. The first-order valence-corrected chi connectivity index (χ1v) is 5.44. The second kappa shape index (κ2) is 6.12. The molecule has 1 aliphatic rings. The van der Waals surface area contributed by atoms with Crippen LogP contribution >= 0.6 is 0 Å². The van der Waals surface area contributed by atoms with Crippen molar-refractivity contribution in [2.45, 2.75) is 32.5 Å². The molecule has 0 bridgehead atoms. The van der Waals surface area contributed by atoms with Gasteiger partial charge in [-0.05, 0) is 13.8 Å². The van der Waals surface area contributed by atoms with E-state index in [1.165, 1.54) is 12.5 Å². The maximum absolute atomic E-state index is 11.4. The zero-order chi connectivity index (χ0) is 12.7. The molecule has 17 heavy (non-hydrogen) atoms. The second-order valence-electron chi connectivity index (χ2n) is 3.38. The van der Waals surface area contributed by atoms with Gasteiger partial charge in [-0.1, -0.05) is 0 Å². The Hall–Kier alpha value is -1.72. The zero-order valence-electron chi connectivity index (χ0n) is 9.93. The molecule has 0 aliphatic carbocycles. The zero-order valence-corrected chi connectivity index (χ0v) is 9.93.